The van der Waals surface area contributed by atoms with Crippen LogP contribution in [0.15, 0.2) is 52.8 Å². The molecule has 1 atom stereocenters. The van der Waals surface area contributed by atoms with Crippen LogP contribution in [0.1, 0.15) is 35.0 Å². The van der Waals surface area contributed by atoms with Crippen LogP contribution in [-0.4, -0.2) is 56.5 Å². The van der Waals surface area contributed by atoms with E-state index in [2.05, 4.69) is 64.1 Å². The number of amides is 1. The van der Waals surface area contributed by atoms with E-state index in [0.29, 0.717) is 12.6 Å². The van der Waals surface area contributed by atoms with E-state index < -0.39 is 0 Å². The highest BCUT2D eigenvalue weighted by atomic mass is 32.1. The number of benzene rings is 1. The number of carbonyl (C=O) groups excluding carboxylic acids is 1. The molecule has 29 heavy (non-hydrogen) atoms. The maximum Gasteiger partial charge on any atom is 0.261 e. The average Bonchev–Trinajstić information content (AvgIpc) is 3.27. The van der Waals surface area contributed by atoms with Gasteiger partial charge in [0, 0.05) is 39.3 Å². The molecule has 0 radical (unpaired) electrons. The summed E-state index contributed by atoms with van der Waals surface area (Å²) in [5.41, 5.74) is 1.33. The van der Waals surface area contributed by atoms with Crippen LogP contribution in [0, 0.1) is 0 Å². The fraction of sp³-hybridized carbons (Fsp3) is 0.455. The summed E-state index contributed by atoms with van der Waals surface area (Å²) in [6, 6.07) is 14.7. The van der Waals surface area contributed by atoms with Crippen molar-refractivity contribution in [3.05, 3.63) is 58.3 Å². The van der Waals surface area contributed by atoms with Crippen LogP contribution in [0.25, 0.3) is 0 Å². The third-order valence-electron chi connectivity index (χ3n) is 4.78. The van der Waals surface area contributed by atoms with Crippen molar-refractivity contribution in [2.75, 3.05) is 33.7 Å². The highest BCUT2D eigenvalue weighted by Crippen LogP contribution is 2.08. The third-order valence-corrected chi connectivity index (χ3v) is 5.65. The molecule has 0 aliphatic rings. The first-order chi connectivity index (χ1) is 14.1. The summed E-state index contributed by atoms with van der Waals surface area (Å²) in [5, 5.41) is 11.5. The van der Waals surface area contributed by atoms with Gasteiger partial charge in [-0.2, -0.15) is 0 Å². The Morgan fingerprint density at radius 2 is 1.79 bits per heavy atom. The summed E-state index contributed by atoms with van der Waals surface area (Å²) in [5.74, 6) is 0.795. The second kappa shape index (κ2) is 13.0. The van der Waals surface area contributed by atoms with Crippen LogP contribution in [-0.2, 0) is 6.54 Å². The van der Waals surface area contributed by atoms with Crippen molar-refractivity contribution >= 4 is 23.2 Å². The number of rotatable bonds is 11. The van der Waals surface area contributed by atoms with Gasteiger partial charge in [0.1, 0.15) is 0 Å². The number of carbonyl (C=O) groups is 1. The zero-order chi connectivity index (χ0) is 20.9. The van der Waals surface area contributed by atoms with Crippen LogP contribution < -0.4 is 16.0 Å². The summed E-state index contributed by atoms with van der Waals surface area (Å²) in [7, 11) is 3.94. The van der Waals surface area contributed by atoms with Gasteiger partial charge in [0.2, 0.25) is 0 Å². The number of guanidine groups is 1. The average molecular weight is 416 g/mol. The molecule has 0 saturated carbocycles. The molecule has 1 aromatic heterocycles. The second-order valence-corrected chi connectivity index (χ2v) is 8.00. The van der Waals surface area contributed by atoms with E-state index in [9.17, 15) is 4.79 Å². The fourth-order valence-corrected chi connectivity index (χ4v) is 3.50. The van der Waals surface area contributed by atoms with E-state index >= 15 is 0 Å². The molecule has 1 aromatic carbocycles. The van der Waals surface area contributed by atoms with Crippen LogP contribution in [0.4, 0.5) is 0 Å². The smallest absolute Gasteiger partial charge is 0.261 e. The molecule has 1 amide bonds. The zero-order valence-corrected chi connectivity index (χ0v) is 18.5. The molecule has 0 spiro atoms. The van der Waals surface area contributed by atoms with Crippen molar-refractivity contribution in [2.24, 2.45) is 4.99 Å². The molecule has 0 fully saturated rings. The van der Waals surface area contributed by atoms with Gasteiger partial charge in [-0.15, -0.1) is 11.3 Å². The summed E-state index contributed by atoms with van der Waals surface area (Å²) in [6.07, 6.45) is 1.87. The molecule has 3 N–H and O–H groups in total. The molecule has 1 unspecified atom stereocenters. The van der Waals surface area contributed by atoms with E-state index in [-0.39, 0.29) is 5.91 Å². The van der Waals surface area contributed by atoms with Crippen molar-refractivity contribution in [3.63, 3.8) is 0 Å². The molecular formula is C22H33N5OS. The van der Waals surface area contributed by atoms with Gasteiger partial charge in [-0.05, 0) is 43.8 Å². The lowest BCUT2D eigenvalue weighted by Crippen LogP contribution is -2.41. The van der Waals surface area contributed by atoms with Gasteiger partial charge in [0.05, 0.1) is 4.88 Å². The lowest BCUT2D eigenvalue weighted by Gasteiger charge is -2.25. The first-order valence-electron chi connectivity index (χ1n) is 10.1. The third kappa shape index (κ3) is 8.66. The summed E-state index contributed by atoms with van der Waals surface area (Å²) < 4.78 is 0. The monoisotopic (exact) mass is 415 g/mol. The van der Waals surface area contributed by atoms with Crippen molar-refractivity contribution in [2.45, 2.75) is 32.4 Å². The molecule has 0 aliphatic carbocycles. The summed E-state index contributed by atoms with van der Waals surface area (Å²) >= 11 is 1.46. The summed E-state index contributed by atoms with van der Waals surface area (Å²) in [6.45, 7) is 5.45. The number of hydrogen-bond acceptors (Lipinski definition) is 4. The molecule has 0 bridgehead atoms. The number of hydrogen-bond donors (Lipinski definition) is 3. The molecule has 2 aromatic rings. The van der Waals surface area contributed by atoms with Crippen LogP contribution >= 0.6 is 11.3 Å². The van der Waals surface area contributed by atoms with E-state index in [1.165, 1.54) is 16.9 Å². The Kier molecular flexibility index (Phi) is 10.2. The van der Waals surface area contributed by atoms with E-state index in [4.69, 9.17) is 0 Å². The van der Waals surface area contributed by atoms with Crippen molar-refractivity contribution in [1.82, 2.24) is 20.9 Å². The normalized spacial score (nSPS) is 12.6. The minimum absolute atomic E-state index is 0.00360. The molecule has 7 heteroatoms. The topological polar surface area (TPSA) is 68.8 Å². The largest absolute Gasteiger partial charge is 0.356 e. The molecule has 158 valence electrons. The maximum absolute atomic E-state index is 11.9. The van der Waals surface area contributed by atoms with E-state index in [0.717, 1.165) is 43.3 Å². The number of nitrogens with one attached hydrogen (secondary N) is 3. The van der Waals surface area contributed by atoms with Crippen molar-refractivity contribution < 1.29 is 4.79 Å². The van der Waals surface area contributed by atoms with Gasteiger partial charge < -0.3 is 16.0 Å². The first kappa shape index (κ1) is 22.9. The quantitative estimate of drug-likeness (QED) is 0.300. The lowest BCUT2D eigenvalue weighted by molar-refractivity contribution is 0.0957. The van der Waals surface area contributed by atoms with Gasteiger partial charge in [-0.3, -0.25) is 14.7 Å². The Morgan fingerprint density at radius 1 is 1.07 bits per heavy atom. The Morgan fingerprint density at radius 3 is 2.48 bits per heavy atom. The van der Waals surface area contributed by atoms with E-state index in [1.54, 1.807) is 7.05 Å². The van der Waals surface area contributed by atoms with Gasteiger partial charge in [-0.25, -0.2) is 0 Å². The number of nitrogens with zero attached hydrogens (tertiary/aromatic N) is 2. The molecule has 1 heterocycles. The standard InChI is InChI=1S/C22H33N5OS/c1-18(27(3)17-19-9-5-4-6-10-19)12-15-26-22(23-2)25-14-8-13-24-21(28)20-11-7-16-29-20/h4-7,9-11,16,18H,8,12-15,17H2,1-3H3,(H,24,28)(H2,23,25,26). The summed E-state index contributed by atoms with van der Waals surface area (Å²) in [4.78, 5) is 19.3. The minimum Gasteiger partial charge on any atom is -0.356 e. The number of thiophene rings is 1. The second-order valence-electron chi connectivity index (χ2n) is 7.05. The maximum atomic E-state index is 11.9. The van der Waals surface area contributed by atoms with Crippen LogP contribution in [0.3, 0.4) is 0 Å². The van der Waals surface area contributed by atoms with E-state index in [1.807, 2.05) is 23.6 Å². The predicted octanol–water partition coefficient (Wildman–Crippen LogP) is 2.94. The molecular weight excluding hydrogens is 382 g/mol. The van der Waals surface area contributed by atoms with Crippen LogP contribution in [0.2, 0.25) is 0 Å². The van der Waals surface area contributed by atoms with Crippen molar-refractivity contribution in [1.29, 1.82) is 0 Å². The van der Waals surface area contributed by atoms with Crippen molar-refractivity contribution in [3.8, 4) is 0 Å². The van der Waals surface area contributed by atoms with Gasteiger partial charge in [0.15, 0.2) is 5.96 Å². The number of aliphatic imine (C=N–C) groups is 1. The Hall–Kier alpha value is -2.38. The lowest BCUT2D eigenvalue weighted by atomic mass is 10.1. The zero-order valence-electron chi connectivity index (χ0n) is 17.6. The van der Waals surface area contributed by atoms with Gasteiger partial charge >= 0.3 is 0 Å². The minimum atomic E-state index is -0.00360. The molecule has 6 nitrogen and oxygen atoms in total. The Balaban J connectivity index is 1.56. The highest BCUT2D eigenvalue weighted by Gasteiger charge is 2.10. The SMILES string of the molecule is CN=C(NCCCNC(=O)c1cccs1)NCCC(C)N(C)Cc1ccccc1. The molecule has 2 rings (SSSR count). The predicted molar refractivity (Wildman–Crippen MR) is 123 cm³/mol. The first-order valence-corrected chi connectivity index (χ1v) is 11.0. The fourth-order valence-electron chi connectivity index (χ4n) is 2.86. The highest BCUT2D eigenvalue weighted by molar-refractivity contribution is 7.12. The Labute approximate surface area is 178 Å². The molecule has 0 aliphatic heterocycles. The Bertz CT molecular complexity index is 733. The van der Waals surface area contributed by atoms with Gasteiger partial charge in [-0.1, -0.05) is 36.4 Å². The van der Waals surface area contributed by atoms with Gasteiger partial charge in [0.25, 0.3) is 5.91 Å². The van der Waals surface area contributed by atoms with Crippen LogP contribution in [0.5, 0.6) is 0 Å². The molecule has 0 saturated heterocycles.